The average Bonchev–Trinajstić information content (AvgIpc) is 2.97. The monoisotopic (exact) mass is 566 g/mol. The zero-order valence-corrected chi connectivity index (χ0v) is 23.9. The smallest absolute Gasteiger partial charge is 0.297 e. The van der Waals surface area contributed by atoms with E-state index >= 15 is 0 Å². The molecule has 0 saturated heterocycles. The van der Waals surface area contributed by atoms with Gasteiger partial charge in [0.2, 0.25) is 11.8 Å². The van der Waals surface area contributed by atoms with Gasteiger partial charge in [0.15, 0.2) is 0 Å². The van der Waals surface area contributed by atoms with Gasteiger partial charge in [0, 0.05) is 35.7 Å². The fourth-order valence-corrected chi connectivity index (χ4v) is 6.45. The van der Waals surface area contributed by atoms with E-state index in [0.29, 0.717) is 55.6 Å². The van der Waals surface area contributed by atoms with Crippen molar-refractivity contribution in [3.63, 3.8) is 0 Å². The SMILES string of the molecule is COc1ccc2c(c1)C(OCCc1cnc(OC)cc1OC)=N[C@@H]1CC[C@@H](OS(=O)(=O)c3ccc(C)cc3)C[C@H]21. The Morgan fingerprint density at radius 2 is 1.75 bits per heavy atom. The van der Waals surface area contributed by atoms with Crippen molar-refractivity contribution >= 4 is 16.0 Å². The molecule has 2 aliphatic rings. The van der Waals surface area contributed by atoms with Gasteiger partial charge in [-0.2, -0.15) is 8.42 Å². The number of fused-ring (bicyclic) bond motifs is 3. The maximum absolute atomic E-state index is 13.0. The van der Waals surface area contributed by atoms with Crippen molar-refractivity contribution in [2.75, 3.05) is 27.9 Å². The number of hydrogen-bond donors (Lipinski definition) is 0. The Bertz CT molecular complexity index is 1490. The summed E-state index contributed by atoms with van der Waals surface area (Å²) in [5.41, 5.74) is 3.79. The van der Waals surface area contributed by atoms with Gasteiger partial charge < -0.3 is 18.9 Å². The van der Waals surface area contributed by atoms with Gasteiger partial charge in [0.05, 0.1) is 45.0 Å². The van der Waals surface area contributed by atoms with Crippen molar-refractivity contribution in [2.45, 2.75) is 55.6 Å². The number of methoxy groups -OCH3 is 3. The third-order valence-electron chi connectivity index (χ3n) is 7.47. The number of aliphatic imine (C=N–C) groups is 1. The highest BCUT2D eigenvalue weighted by Crippen LogP contribution is 2.43. The lowest BCUT2D eigenvalue weighted by atomic mass is 9.75. The van der Waals surface area contributed by atoms with Crippen LogP contribution in [0.2, 0.25) is 0 Å². The minimum Gasteiger partial charge on any atom is -0.497 e. The first-order valence-electron chi connectivity index (χ1n) is 13.3. The second kappa shape index (κ2) is 11.9. The average molecular weight is 567 g/mol. The lowest BCUT2D eigenvalue weighted by Crippen LogP contribution is -2.36. The van der Waals surface area contributed by atoms with Crippen LogP contribution in [0.4, 0.5) is 0 Å². The van der Waals surface area contributed by atoms with Gasteiger partial charge in [-0.05, 0) is 56.0 Å². The van der Waals surface area contributed by atoms with Crippen LogP contribution in [0.5, 0.6) is 17.4 Å². The molecule has 2 aromatic carbocycles. The minimum absolute atomic E-state index is 0.00565. The molecule has 3 atom stereocenters. The first kappa shape index (κ1) is 27.9. The third-order valence-corrected chi connectivity index (χ3v) is 8.84. The Morgan fingerprint density at radius 1 is 0.950 bits per heavy atom. The normalized spacial score (nSPS) is 20.1. The van der Waals surface area contributed by atoms with E-state index in [4.69, 9.17) is 28.1 Å². The molecule has 212 valence electrons. The number of rotatable bonds is 9. The first-order chi connectivity index (χ1) is 19.3. The molecule has 1 aliphatic carbocycles. The maximum Gasteiger partial charge on any atom is 0.297 e. The summed E-state index contributed by atoms with van der Waals surface area (Å²) in [7, 11) is 0.927. The molecule has 3 aromatic rings. The number of hydrogen-bond acceptors (Lipinski definition) is 9. The Morgan fingerprint density at radius 3 is 2.48 bits per heavy atom. The zero-order chi connectivity index (χ0) is 28.3. The molecule has 1 saturated carbocycles. The van der Waals surface area contributed by atoms with E-state index in [0.717, 1.165) is 22.3 Å². The van der Waals surface area contributed by atoms with Crippen molar-refractivity contribution < 1.29 is 31.5 Å². The largest absolute Gasteiger partial charge is 0.497 e. The highest BCUT2D eigenvalue weighted by atomic mass is 32.2. The van der Waals surface area contributed by atoms with Crippen molar-refractivity contribution in [1.82, 2.24) is 4.98 Å². The summed E-state index contributed by atoms with van der Waals surface area (Å²) in [6.45, 7) is 2.29. The van der Waals surface area contributed by atoms with Gasteiger partial charge >= 0.3 is 0 Å². The molecule has 9 nitrogen and oxygen atoms in total. The summed E-state index contributed by atoms with van der Waals surface area (Å²) in [5.74, 6) is 2.42. The first-order valence-corrected chi connectivity index (χ1v) is 14.7. The molecule has 0 N–H and O–H groups in total. The van der Waals surface area contributed by atoms with E-state index in [1.54, 1.807) is 57.9 Å². The lowest BCUT2D eigenvalue weighted by Gasteiger charge is -2.38. The molecular formula is C30H34N2O7S. The van der Waals surface area contributed by atoms with Crippen LogP contribution in [-0.2, 0) is 25.5 Å². The predicted octanol–water partition coefficient (Wildman–Crippen LogP) is 4.85. The maximum atomic E-state index is 13.0. The van der Waals surface area contributed by atoms with Crippen LogP contribution in [0.1, 0.15) is 47.4 Å². The Hall–Kier alpha value is -3.63. The summed E-state index contributed by atoms with van der Waals surface area (Å²) in [5, 5.41) is 0. The quantitative estimate of drug-likeness (QED) is 0.339. The van der Waals surface area contributed by atoms with Gasteiger partial charge in [-0.1, -0.05) is 23.8 Å². The highest BCUT2D eigenvalue weighted by Gasteiger charge is 2.39. The molecule has 0 radical (unpaired) electrons. The molecule has 0 amide bonds. The van der Waals surface area contributed by atoms with Gasteiger partial charge in [-0.25, -0.2) is 9.98 Å². The molecule has 0 bridgehead atoms. The standard InChI is InChI=1S/C30H34N2O7S/c1-19-5-9-23(10-6-19)40(33,34)39-22-8-12-27-25(16-22)24-11-7-21(35-2)15-26(24)30(32-27)38-14-13-20-18-31-29(37-4)17-28(20)36-3/h5-7,9-11,15,17-18,22,25,27H,8,12-14,16H2,1-4H3/t22-,25-,27-/m1/s1. The van der Waals surface area contributed by atoms with Crippen LogP contribution in [0.3, 0.4) is 0 Å². The lowest BCUT2D eigenvalue weighted by molar-refractivity contribution is 0.138. The van der Waals surface area contributed by atoms with Crippen molar-refractivity contribution in [1.29, 1.82) is 0 Å². The van der Waals surface area contributed by atoms with Crippen LogP contribution >= 0.6 is 0 Å². The topological polar surface area (TPSA) is 106 Å². The second-order valence-corrected chi connectivity index (χ2v) is 11.6. The molecular weight excluding hydrogens is 532 g/mol. The van der Waals surface area contributed by atoms with Crippen LogP contribution in [0.15, 0.2) is 64.6 Å². The second-order valence-electron chi connectivity index (χ2n) is 10.00. The number of aromatic nitrogens is 1. The number of ether oxygens (including phenoxy) is 4. The molecule has 2 heterocycles. The van der Waals surface area contributed by atoms with E-state index in [9.17, 15) is 8.42 Å². The van der Waals surface area contributed by atoms with E-state index in [1.165, 1.54) is 0 Å². The minimum atomic E-state index is -3.87. The zero-order valence-electron chi connectivity index (χ0n) is 23.1. The number of aryl methyl sites for hydroxylation is 1. The molecule has 1 fully saturated rings. The summed E-state index contributed by atoms with van der Waals surface area (Å²) < 4.78 is 54.1. The van der Waals surface area contributed by atoms with Crippen molar-refractivity contribution in [3.05, 3.63) is 77.0 Å². The molecule has 10 heteroatoms. The Labute approximate surface area is 235 Å². The van der Waals surface area contributed by atoms with Gasteiger partial charge in [-0.3, -0.25) is 4.18 Å². The van der Waals surface area contributed by atoms with E-state index in [2.05, 4.69) is 4.98 Å². The number of pyridine rings is 1. The van der Waals surface area contributed by atoms with Crippen molar-refractivity contribution in [3.8, 4) is 17.4 Å². The van der Waals surface area contributed by atoms with E-state index in [-0.39, 0.29) is 16.9 Å². The van der Waals surface area contributed by atoms with Gasteiger partial charge in [-0.15, -0.1) is 0 Å². The Balaban J connectivity index is 1.33. The van der Waals surface area contributed by atoms with Crippen LogP contribution < -0.4 is 14.2 Å². The molecule has 1 aromatic heterocycles. The summed E-state index contributed by atoms with van der Waals surface area (Å²) in [6.07, 6.45) is 3.68. The van der Waals surface area contributed by atoms with E-state index < -0.39 is 16.2 Å². The molecule has 5 rings (SSSR count). The predicted molar refractivity (Wildman–Crippen MR) is 150 cm³/mol. The molecule has 1 aliphatic heterocycles. The van der Waals surface area contributed by atoms with Crippen LogP contribution in [-0.4, -0.2) is 59.4 Å². The summed E-state index contributed by atoms with van der Waals surface area (Å²) in [6, 6.07) is 14.3. The van der Waals surface area contributed by atoms with Crippen LogP contribution in [0, 0.1) is 6.92 Å². The summed E-state index contributed by atoms with van der Waals surface area (Å²) >= 11 is 0. The van der Waals surface area contributed by atoms with Crippen LogP contribution in [0.25, 0.3) is 0 Å². The number of nitrogens with zero attached hydrogens (tertiary/aromatic N) is 2. The summed E-state index contributed by atoms with van der Waals surface area (Å²) in [4.78, 5) is 9.44. The number of benzene rings is 2. The van der Waals surface area contributed by atoms with Gasteiger partial charge in [0.25, 0.3) is 10.1 Å². The molecule has 40 heavy (non-hydrogen) atoms. The fraction of sp³-hybridized carbons (Fsp3) is 0.400. The molecule has 0 unspecified atom stereocenters. The van der Waals surface area contributed by atoms with Crippen molar-refractivity contribution in [2.24, 2.45) is 4.99 Å². The fourth-order valence-electron chi connectivity index (χ4n) is 5.33. The van der Waals surface area contributed by atoms with Gasteiger partial charge in [0.1, 0.15) is 11.5 Å². The highest BCUT2D eigenvalue weighted by molar-refractivity contribution is 7.86. The third kappa shape index (κ3) is 5.93. The van der Waals surface area contributed by atoms with E-state index in [1.807, 2.05) is 25.1 Å². The molecule has 0 spiro atoms. The Kier molecular flexibility index (Phi) is 8.27.